The highest BCUT2D eigenvalue weighted by atomic mass is 19.4. The van der Waals surface area contributed by atoms with Crippen molar-refractivity contribution in [2.24, 2.45) is 0 Å². The first kappa shape index (κ1) is 12.5. The van der Waals surface area contributed by atoms with E-state index in [9.17, 15) is 18.0 Å². The molecule has 0 bridgehead atoms. The second-order valence-corrected chi connectivity index (χ2v) is 3.78. The maximum atomic E-state index is 12.0. The second-order valence-electron chi connectivity index (χ2n) is 3.78. The highest BCUT2D eigenvalue weighted by Crippen LogP contribution is 2.22. The molecular weight excluding hydrogens is 245 g/mol. The molecule has 0 atom stereocenters. The molecule has 0 aliphatic rings. The Hall–Kier alpha value is -1.98. The number of halogens is 3. The van der Waals surface area contributed by atoms with Crippen LogP contribution in [-0.4, -0.2) is 21.9 Å². The topological polar surface area (TPSA) is 42.9 Å². The summed E-state index contributed by atoms with van der Waals surface area (Å²) < 4.78 is 36.0. The molecule has 0 aliphatic heterocycles. The van der Waals surface area contributed by atoms with E-state index in [1.54, 1.807) is 24.3 Å². The van der Waals surface area contributed by atoms with Crippen LogP contribution < -0.4 is 0 Å². The summed E-state index contributed by atoms with van der Waals surface area (Å²) in [6, 6.07) is 6.86. The zero-order valence-corrected chi connectivity index (χ0v) is 9.24. The molecule has 0 amide bonds. The van der Waals surface area contributed by atoms with Crippen LogP contribution in [0.2, 0.25) is 0 Å². The maximum Gasteiger partial charge on any atom is 0.389 e. The number of benzene rings is 1. The Morgan fingerprint density at radius 2 is 1.83 bits per heavy atom. The van der Waals surface area contributed by atoms with Crippen LogP contribution >= 0.6 is 0 Å². The Morgan fingerprint density at radius 1 is 1.17 bits per heavy atom. The minimum Gasteiger partial charge on any atom is -0.292 e. The molecule has 0 aliphatic carbocycles. The smallest absolute Gasteiger partial charge is 0.292 e. The molecule has 6 heteroatoms. The Balaban J connectivity index is 2.18. The molecule has 0 spiro atoms. The van der Waals surface area contributed by atoms with E-state index in [1.165, 1.54) is 6.20 Å². The van der Waals surface area contributed by atoms with Crippen molar-refractivity contribution in [3.63, 3.8) is 0 Å². The first-order valence-electron chi connectivity index (χ1n) is 5.27. The van der Waals surface area contributed by atoms with Crippen molar-refractivity contribution in [3.05, 3.63) is 36.2 Å². The van der Waals surface area contributed by atoms with Gasteiger partial charge in [0, 0.05) is 6.42 Å². The fourth-order valence-electron chi connectivity index (χ4n) is 1.47. The molecule has 1 heterocycles. The Kier molecular flexibility index (Phi) is 3.27. The van der Waals surface area contributed by atoms with Crippen LogP contribution in [0, 0.1) is 0 Å². The van der Waals surface area contributed by atoms with Gasteiger partial charge in [0.25, 0.3) is 0 Å². The van der Waals surface area contributed by atoms with Gasteiger partial charge in [0.15, 0.2) is 5.78 Å². The minimum absolute atomic E-state index is 0.0297. The lowest BCUT2D eigenvalue weighted by Gasteiger charge is -2.05. The highest BCUT2D eigenvalue weighted by molar-refractivity contribution is 5.95. The first-order valence-corrected chi connectivity index (χ1v) is 5.27. The van der Waals surface area contributed by atoms with Crippen LogP contribution in [0.5, 0.6) is 0 Å². The molecule has 94 valence electrons. The van der Waals surface area contributed by atoms with Gasteiger partial charge in [-0.3, -0.25) is 9.78 Å². The molecule has 0 N–H and O–H groups in total. The number of rotatable bonds is 3. The molecule has 18 heavy (non-hydrogen) atoms. The van der Waals surface area contributed by atoms with Gasteiger partial charge >= 0.3 is 6.18 Å². The van der Waals surface area contributed by atoms with E-state index in [-0.39, 0.29) is 5.69 Å². The van der Waals surface area contributed by atoms with Crippen LogP contribution in [0.3, 0.4) is 0 Å². The predicted molar refractivity (Wildman–Crippen MR) is 59.2 cm³/mol. The number of hydrogen-bond acceptors (Lipinski definition) is 3. The van der Waals surface area contributed by atoms with Crippen molar-refractivity contribution < 1.29 is 18.0 Å². The summed E-state index contributed by atoms with van der Waals surface area (Å²) in [5.74, 6) is -0.648. The number of carbonyl (C=O) groups excluding carboxylic acids is 1. The lowest BCUT2D eigenvalue weighted by molar-refractivity contribution is -0.133. The van der Waals surface area contributed by atoms with Gasteiger partial charge in [-0.1, -0.05) is 12.1 Å². The zero-order chi connectivity index (χ0) is 13.2. The van der Waals surface area contributed by atoms with Crippen molar-refractivity contribution in [3.8, 4) is 0 Å². The van der Waals surface area contributed by atoms with E-state index >= 15 is 0 Å². The average molecular weight is 254 g/mol. The Morgan fingerprint density at radius 3 is 2.50 bits per heavy atom. The summed E-state index contributed by atoms with van der Waals surface area (Å²) in [4.78, 5) is 19.5. The lowest BCUT2D eigenvalue weighted by atomic mass is 10.1. The average Bonchev–Trinajstić information content (AvgIpc) is 2.34. The molecule has 0 saturated heterocycles. The van der Waals surface area contributed by atoms with Gasteiger partial charge in [0.05, 0.1) is 23.7 Å². The van der Waals surface area contributed by atoms with E-state index in [0.29, 0.717) is 11.0 Å². The van der Waals surface area contributed by atoms with Gasteiger partial charge in [-0.2, -0.15) is 13.2 Å². The summed E-state index contributed by atoms with van der Waals surface area (Å²) in [5.41, 5.74) is 1.07. The van der Waals surface area contributed by atoms with Gasteiger partial charge in [0.1, 0.15) is 5.69 Å². The molecular formula is C12H9F3N2O. The number of hydrogen-bond donors (Lipinski definition) is 0. The zero-order valence-electron chi connectivity index (χ0n) is 9.24. The van der Waals surface area contributed by atoms with Crippen LogP contribution in [0.1, 0.15) is 23.3 Å². The van der Waals surface area contributed by atoms with Crippen LogP contribution in [0.25, 0.3) is 11.0 Å². The lowest BCUT2D eigenvalue weighted by Crippen LogP contribution is -2.12. The molecule has 3 nitrogen and oxygen atoms in total. The molecule has 0 unspecified atom stereocenters. The van der Waals surface area contributed by atoms with Gasteiger partial charge < -0.3 is 0 Å². The van der Waals surface area contributed by atoms with E-state index in [1.807, 2.05) is 0 Å². The number of Topliss-reactive ketones (excluding diaryl/α,β-unsaturated/α-hetero) is 1. The fraction of sp³-hybridized carbons (Fsp3) is 0.250. The quantitative estimate of drug-likeness (QED) is 0.790. The van der Waals surface area contributed by atoms with Crippen molar-refractivity contribution in [1.29, 1.82) is 0 Å². The van der Waals surface area contributed by atoms with E-state index in [4.69, 9.17) is 0 Å². The van der Waals surface area contributed by atoms with Crippen molar-refractivity contribution >= 4 is 16.8 Å². The molecule has 0 radical (unpaired) electrons. The molecule has 1 aromatic heterocycles. The van der Waals surface area contributed by atoms with Crippen molar-refractivity contribution in [2.45, 2.75) is 19.0 Å². The molecule has 0 fully saturated rings. The summed E-state index contributed by atoms with van der Waals surface area (Å²) in [6.07, 6.45) is -4.86. The third-order valence-electron chi connectivity index (χ3n) is 2.37. The Bertz CT molecular complexity index is 581. The monoisotopic (exact) mass is 254 g/mol. The SMILES string of the molecule is O=C(CCC(F)(F)F)c1cnc2ccccc2n1. The summed E-state index contributed by atoms with van der Waals surface area (Å²) in [7, 11) is 0. The normalized spacial score (nSPS) is 11.7. The van der Waals surface area contributed by atoms with Gasteiger partial charge in [-0.15, -0.1) is 0 Å². The van der Waals surface area contributed by atoms with Crippen LogP contribution in [-0.2, 0) is 0 Å². The number of ketones is 1. The van der Waals surface area contributed by atoms with E-state index < -0.39 is 24.8 Å². The molecule has 0 saturated carbocycles. The standard InChI is InChI=1S/C12H9F3N2O/c13-12(14,15)6-5-11(18)10-7-16-8-3-1-2-4-9(8)17-10/h1-4,7H,5-6H2. The third kappa shape index (κ3) is 3.03. The summed E-state index contributed by atoms with van der Waals surface area (Å²) in [6.45, 7) is 0. The van der Waals surface area contributed by atoms with Crippen LogP contribution in [0.15, 0.2) is 30.5 Å². The number of para-hydroxylation sites is 2. The third-order valence-corrected chi connectivity index (χ3v) is 2.37. The number of nitrogens with zero attached hydrogens (tertiary/aromatic N) is 2. The number of fused-ring (bicyclic) bond motifs is 1. The molecule has 2 rings (SSSR count). The molecule has 1 aromatic carbocycles. The second kappa shape index (κ2) is 4.72. The predicted octanol–water partition coefficient (Wildman–Crippen LogP) is 3.16. The summed E-state index contributed by atoms with van der Waals surface area (Å²) in [5, 5.41) is 0. The van der Waals surface area contributed by atoms with Gasteiger partial charge in [-0.25, -0.2) is 4.98 Å². The van der Waals surface area contributed by atoms with E-state index in [0.717, 1.165) is 0 Å². The van der Waals surface area contributed by atoms with Crippen molar-refractivity contribution in [1.82, 2.24) is 9.97 Å². The maximum absolute atomic E-state index is 12.0. The minimum atomic E-state index is -4.33. The largest absolute Gasteiger partial charge is 0.389 e. The fourth-order valence-corrected chi connectivity index (χ4v) is 1.47. The van der Waals surface area contributed by atoms with Crippen molar-refractivity contribution in [2.75, 3.05) is 0 Å². The van der Waals surface area contributed by atoms with Crippen LogP contribution in [0.4, 0.5) is 13.2 Å². The van der Waals surface area contributed by atoms with Gasteiger partial charge in [-0.05, 0) is 12.1 Å². The van der Waals surface area contributed by atoms with E-state index in [2.05, 4.69) is 9.97 Å². The van der Waals surface area contributed by atoms with Gasteiger partial charge in [0.2, 0.25) is 0 Å². The number of alkyl halides is 3. The highest BCUT2D eigenvalue weighted by Gasteiger charge is 2.28. The molecule has 2 aromatic rings. The number of carbonyl (C=O) groups is 1. The Labute approximate surface area is 101 Å². The first-order chi connectivity index (χ1) is 8.46. The summed E-state index contributed by atoms with van der Waals surface area (Å²) >= 11 is 0. The number of aromatic nitrogens is 2.